The molecule has 1 saturated heterocycles. The van der Waals surface area contributed by atoms with Gasteiger partial charge in [0.25, 0.3) is 5.91 Å². The van der Waals surface area contributed by atoms with Crippen LogP contribution in [-0.4, -0.2) is 23.3 Å². The molecule has 15 heavy (non-hydrogen) atoms. The molecule has 82 valence electrons. The predicted octanol–water partition coefficient (Wildman–Crippen LogP) is 1.08. The van der Waals surface area contributed by atoms with Gasteiger partial charge in [-0.25, -0.2) is 0 Å². The largest absolute Gasteiger partial charge is 0.511 e. The number of allylic oxidation sites excluding steroid dienone is 1. The highest BCUT2D eigenvalue weighted by Crippen LogP contribution is 2.30. The number of Topliss-reactive ketones (excluding diaryl/α,β-unsaturated/α-hetero) is 1. The van der Waals surface area contributed by atoms with Crippen molar-refractivity contribution in [3.05, 3.63) is 11.3 Å². The molecule has 4 nitrogen and oxygen atoms in total. The van der Waals surface area contributed by atoms with Crippen LogP contribution in [0.15, 0.2) is 11.3 Å². The van der Waals surface area contributed by atoms with E-state index in [1.54, 1.807) is 0 Å². The van der Waals surface area contributed by atoms with Crippen LogP contribution in [0.3, 0.4) is 0 Å². The number of ketones is 1. The van der Waals surface area contributed by atoms with Crippen LogP contribution in [0.2, 0.25) is 0 Å². The number of hydrogen-bond acceptors (Lipinski definition) is 3. The van der Waals surface area contributed by atoms with Gasteiger partial charge < -0.3 is 10.4 Å². The SMILES string of the molecule is O=C1CNC(=O)/C1=C(/O)C1CCCCC1. The summed E-state index contributed by atoms with van der Waals surface area (Å²) < 4.78 is 0. The minimum atomic E-state index is -0.414. The molecule has 0 radical (unpaired) electrons. The van der Waals surface area contributed by atoms with Crippen molar-refractivity contribution in [1.82, 2.24) is 5.32 Å². The molecule has 1 aliphatic carbocycles. The summed E-state index contributed by atoms with van der Waals surface area (Å²) in [7, 11) is 0. The summed E-state index contributed by atoms with van der Waals surface area (Å²) >= 11 is 0. The van der Waals surface area contributed by atoms with Gasteiger partial charge in [-0.05, 0) is 12.8 Å². The maximum absolute atomic E-state index is 11.4. The molecule has 0 bridgehead atoms. The molecule has 0 aromatic rings. The zero-order chi connectivity index (χ0) is 10.8. The van der Waals surface area contributed by atoms with Gasteiger partial charge in [-0.1, -0.05) is 19.3 Å². The average molecular weight is 209 g/mol. The first-order chi connectivity index (χ1) is 7.20. The summed E-state index contributed by atoms with van der Waals surface area (Å²) in [6.07, 6.45) is 5.08. The maximum atomic E-state index is 11.4. The third-order valence-corrected chi connectivity index (χ3v) is 3.16. The zero-order valence-corrected chi connectivity index (χ0v) is 8.58. The van der Waals surface area contributed by atoms with Crippen LogP contribution in [0.1, 0.15) is 32.1 Å². The van der Waals surface area contributed by atoms with E-state index < -0.39 is 5.91 Å². The Morgan fingerprint density at radius 2 is 1.87 bits per heavy atom. The lowest BCUT2D eigenvalue weighted by Gasteiger charge is -2.21. The van der Waals surface area contributed by atoms with Crippen LogP contribution in [0.5, 0.6) is 0 Å². The Morgan fingerprint density at radius 1 is 1.20 bits per heavy atom. The number of carbonyl (C=O) groups excluding carboxylic acids is 2. The Hall–Kier alpha value is -1.32. The van der Waals surface area contributed by atoms with Gasteiger partial charge in [0.15, 0.2) is 5.78 Å². The Morgan fingerprint density at radius 3 is 2.40 bits per heavy atom. The van der Waals surface area contributed by atoms with Crippen LogP contribution in [0.25, 0.3) is 0 Å². The first-order valence-corrected chi connectivity index (χ1v) is 5.44. The zero-order valence-electron chi connectivity index (χ0n) is 8.58. The minimum Gasteiger partial charge on any atom is -0.511 e. The third-order valence-electron chi connectivity index (χ3n) is 3.16. The van der Waals surface area contributed by atoms with Gasteiger partial charge in [-0.3, -0.25) is 9.59 Å². The molecule has 1 amide bonds. The van der Waals surface area contributed by atoms with Crippen LogP contribution < -0.4 is 5.32 Å². The molecule has 1 aliphatic heterocycles. The Labute approximate surface area is 88.4 Å². The van der Waals surface area contributed by atoms with E-state index in [0.29, 0.717) is 0 Å². The number of aliphatic hydroxyl groups excluding tert-OH is 1. The van der Waals surface area contributed by atoms with Gasteiger partial charge in [0.2, 0.25) is 0 Å². The fraction of sp³-hybridized carbons (Fsp3) is 0.636. The highest BCUT2D eigenvalue weighted by atomic mass is 16.3. The smallest absolute Gasteiger partial charge is 0.258 e. The van der Waals surface area contributed by atoms with E-state index in [2.05, 4.69) is 5.32 Å². The Kier molecular flexibility index (Phi) is 2.75. The highest BCUT2D eigenvalue weighted by Gasteiger charge is 2.32. The van der Waals surface area contributed by atoms with Crippen molar-refractivity contribution in [3.8, 4) is 0 Å². The minimum absolute atomic E-state index is 0.00176. The van der Waals surface area contributed by atoms with E-state index in [9.17, 15) is 14.7 Å². The summed E-state index contributed by atoms with van der Waals surface area (Å²) in [5, 5.41) is 12.3. The molecule has 4 heteroatoms. The number of carbonyl (C=O) groups is 2. The number of aliphatic hydroxyl groups is 1. The number of rotatable bonds is 1. The summed E-state index contributed by atoms with van der Waals surface area (Å²) in [6, 6.07) is 0. The molecule has 1 saturated carbocycles. The van der Waals surface area contributed by atoms with Crippen molar-refractivity contribution < 1.29 is 14.7 Å². The van der Waals surface area contributed by atoms with E-state index in [-0.39, 0.29) is 29.6 Å². The lowest BCUT2D eigenvalue weighted by Crippen LogP contribution is -2.18. The van der Waals surface area contributed by atoms with E-state index in [1.807, 2.05) is 0 Å². The normalized spacial score (nSPS) is 26.7. The molecule has 2 aliphatic rings. The molecule has 2 fully saturated rings. The Balaban J connectivity index is 2.22. The quantitative estimate of drug-likeness (QED) is 0.386. The number of hydrogen-bond donors (Lipinski definition) is 2. The summed E-state index contributed by atoms with van der Waals surface area (Å²) in [6.45, 7) is 0.0327. The molecule has 2 rings (SSSR count). The molecule has 0 atom stereocenters. The van der Waals surface area contributed by atoms with Gasteiger partial charge >= 0.3 is 0 Å². The van der Waals surface area contributed by atoms with Crippen LogP contribution >= 0.6 is 0 Å². The van der Waals surface area contributed by atoms with Crippen molar-refractivity contribution in [2.45, 2.75) is 32.1 Å². The van der Waals surface area contributed by atoms with Gasteiger partial charge in [-0.2, -0.15) is 0 Å². The van der Waals surface area contributed by atoms with E-state index in [0.717, 1.165) is 25.7 Å². The number of amides is 1. The van der Waals surface area contributed by atoms with Crippen molar-refractivity contribution in [1.29, 1.82) is 0 Å². The molecule has 0 unspecified atom stereocenters. The van der Waals surface area contributed by atoms with Gasteiger partial charge in [0, 0.05) is 5.92 Å². The molecular weight excluding hydrogens is 194 g/mol. The van der Waals surface area contributed by atoms with Crippen LogP contribution in [-0.2, 0) is 9.59 Å². The fourth-order valence-electron chi connectivity index (χ4n) is 2.30. The lowest BCUT2D eigenvalue weighted by molar-refractivity contribution is -0.117. The van der Waals surface area contributed by atoms with Crippen molar-refractivity contribution >= 4 is 11.7 Å². The highest BCUT2D eigenvalue weighted by molar-refractivity contribution is 6.25. The molecular formula is C11H15NO3. The Bertz CT molecular complexity index is 309. The van der Waals surface area contributed by atoms with Crippen molar-refractivity contribution in [2.75, 3.05) is 6.54 Å². The molecule has 0 aromatic carbocycles. The van der Waals surface area contributed by atoms with E-state index in [4.69, 9.17) is 0 Å². The second-order valence-corrected chi connectivity index (χ2v) is 4.20. The van der Waals surface area contributed by atoms with E-state index in [1.165, 1.54) is 6.42 Å². The summed E-state index contributed by atoms with van der Waals surface area (Å²) in [5.41, 5.74) is 0.00176. The van der Waals surface area contributed by atoms with Gasteiger partial charge in [0.1, 0.15) is 11.3 Å². The first kappa shape index (κ1) is 10.2. The fourth-order valence-corrected chi connectivity index (χ4v) is 2.30. The first-order valence-electron chi connectivity index (χ1n) is 5.44. The maximum Gasteiger partial charge on any atom is 0.258 e. The molecule has 0 aromatic heterocycles. The summed E-state index contributed by atoms with van der Waals surface area (Å²) in [5.74, 6) is -0.651. The second kappa shape index (κ2) is 4.04. The number of nitrogens with one attached hydrogen (secondary N) is 1. The van der Waals surface area contributed by atoms with Crippen LogP contribution in [0, 0.1) is 5.92 Å². The third kappa shape index (κ3) is 1.89. The van der Waals surface area contributed by atoms with Crippen molar-refractivity contribution in [2.24, 2.45) is 5.92 Å². The average Bonchev–Trinajstić information content (AvgIpc) is 2.59. The van der Waals surface area contributed by atoms with Crippen molar-refractivity contribution in [3.63, 3.8) is 0 Å². The predicted molar refractivity (Wildman–Crippen MR) is 54.2 cm³/mol. The molecule has 2 N–H and O–H groups in total. The monoisotopic (exact) mass is 209 g/mol. The summed E-state index contributed by atoms with van der Waals surface area (Å²) in [4.78, 5) is 22.7. The van der Waals surface area contributed by atoms with Crippen LogP contribution in [0.4, 0.5) is 0 Å². The topological polar surface area (TPSA) is 66.4 Å². The molecule has 0 spiro atoms. The lowest BCUT2D eigenvalue weighted by atomic mass is 9.86. The van der Waals surface area contributed by atoms with Gasteiger partial charge in [0.05, 0.1) is 6.54 Å². The standard InChI is InChI=1S/C11H15NO3/c13-8-6-12-11(15)9(8)10(14)7-4-2-1-3-5-7/h7,14H,1-6H2,(H,12,15)/b10-9+. The second-order valence-electron chi connectivity index (χ2n) is 4.20. The van der Waals surface area contributed by atoms with E-state index >= 15 is 0 Å². The molecule has 1 heterocycles. The van der Waals surface area contributed by atoms with Gasteiger partial charge in [-0.15, -0.1) is 0 Å².